The monoisotopic (exact) mass is 349 g/mol. The first-order valence-electron chi connectivity index (χ1n) is 7.32. The van der Waals surface area contributed by atoms with Crippen molar-refractivity contribution in [3.8, 4) is 5.75 Å². The highest BCUT2D eigenvalue weighted by atomic mass is 32.2. The van der Waals surface area contributed by atoms with Gasteiger partial charge in [-0.05, 0) is 44.3 Å². The summed E-state index contributed by atoms with van der Waals surface area (Å²) in [5.41, 5.74) is 1.30. The summed E-state index contributed by atoms with van der Waals surface area (Å²) in [4.78, 5) is 12.0. The molecule has 0 saturated carbocycles. The number of hydrogen-bond donors (Lipinski definition) is 1. The van der Waals surface area contributed by atoms with Crippen LogP contribution in [-0.2, 0) is 14.8 Å². The minimum atomic E-state index is -3.60. The van der Waals surface area contributed by atoms with E-state index in [1.54, 1.807) is 0 Å². The average Bonchev–Trinajstić information content (AvgIpc) is 2.60. The number of carbonyl (C=O) groups is 1. The summed E-state index contributed by atoms with van der Waals surface area (Å²) in [6, 6.07) is 13.2. The highest BCUT2D eigenvalue weighted by Crippen LogP contribution is 2.13. The Balaban J connectivity index is 1.89. The maximum absolute atomic E-state index is 12.0. The van der Waals surface area contributed by atoms with E-state index in [0.717, 1.165) is 5.56 Å². The fourth-order valence-corrected chi connectivity index (χ4v) is 2.70. The summed E-state index contributed by atoms with van der Waals surface area (Å²) >= 11 is 0. The second-order valence-corrected chi connectivity index (χ2v) is 6.92. The van der Waals surface area contributed by atoms with E-state index in [1.165, 1.54) is 31.3 Å². The van der Waals surface area contributed by atoms with Crippen LogP contribution in [0.5, 0.6) is 5.75 Å². The van der Waals surface area contributed by atoms with Crippen molar-refractivity contribution in [2.75, 3.05) is 20.3 Å². The number of hydrogen-bond acceptors (Lipinski definition) is 5. The van der Waals surface area contributed by atoms with Gasteiger partial charge in [-0.2, -0.15) is 0 Å². The highest BCUT2D eigenvalue weighted by Gasteiger charge is 2.15. The van der Waals surface area contributed by atoms with Gasteiger partial charge in [-0.3, -0.25) is 0 Å². The maximum atomic E-state index is 12.0. The predicted octanol–water partition coefficient (Wildman–Crippen LogP) is 2.14. The smallest absolute Gasteiger partial charge is 0.338 e. The lowest BCUT2D eigenvalue weighted by Crippen LogP contribution is -2.19. The molecule has 0 fully saturated rings. The first kappa shape index (κ1) is 18.0. The van der Waals surface area contributed by atoms with Crippen LogP contribution in [0.3, 0.4) is 0 Å². The molecular weight excluding hydrogens is 330 g/mol. The summed E-state index contributed by atoms with van der Waals surface area (Å²) in [6.07, 6.45) is 0. The quantitative estimate of drug-likeness (QED) is 0.612. The summed E-state index contributed by atoms with van der Waals surface area (Å²) in [5.74, 6) is 0.0921. The van der Waals surface area contributed by atoms with Crippen LogP contribution in [0, 0.1) is 6.92 Å². The van der Waals surface area contributed by atoms with Gasteiger partial charge in [-0.15, -0.1) is 0 Å². The maximum Gasteiger partial charge on any atom is 0.338 e. The van der Waals surface area contributed by atoms with Crippen molar-refractivity contribution in [1.82, 2.24) is 4.72 Å². The molecule has 0 aliphatic heterocycles. The van der Waals surface area contributed by atoms with E-state index < -0.39 is 16.0 Å². The van der Waals surface area contributed by atoms with E-state index in [0.29, 0.717) is 5.75 Å². The Kier molecular flexibility index (Phi) is 5.94. The van der Waals surface area contributed by atoms with Crippen LogP contribution in [-0.4, -0.2) is 34.6 Å². The largest absolute Gasteiger partial charge is 0.490 e. The van der Waals surface area contributed by atoms with Gasteiger partial charge in [-0.25, -0.2) is 17.9 Å². The Morgan fingerprint density at radius 3 is 2.46 bits per heavy atom. The van der Waals surface area contributed by atoms with E-state index in [9.17, 15) is 13.2 Å². The molecule has 0 radical (unpaired) electrons. The zero-order valence-electron chi connectivity index (χ0n) is 13.5. The third-order valence-electron chi connectivity index (χ3n) is 3.25. The van der Waals surface area contributed by atoms with Crippen LogP contribution in [0.25, 0.3) is 0 Å². The molecule has 6 nitrogen and oxygen atoms in total. The molecule has 0 atom stereocenters. The topological polar surface area (TPSA) is 81.7 Å². The number of esters is 1. The second-order valence-electron chi connectivity index (χ2n) is 5.03. The highest BCUT2D eigenvalue weighted by molar-refractivity contribution is 7.89. The number of carbonyl (C=O) groups excluding carboxylic acids is 1. The van der Waals surface area contributed by atoms with Crippen molar-refractivity contribution in [1.29, 1.82) is 0 Å². The van der Waals surface area contributed by atoms with Crippen LogP contribution < -0.4 is 9.46 Å². The van der Waals surface area contributed by atoms with E-state index >= 15 is 0 Å². The number of aryl methyl sites for hydroxylation is 1. The first-order chi connectivity index (χ1) is 11.4. The van der Waals surface area contributed by atoms with Gasteiger partial charge in [0.25, 0.3) is 0 Å². The molecule has 24 heavy (non-hydrogen) atoms. The van der Waals surface area contributed by atoms with Crippen LogP contribution >= 0.6 is 0 Å². The fourth-order valence-electron chi connectivity index (χ4n) is 1.92. The molecular formula is C17H19NO5S. The number of ether oxygens (including phenoxy) is 2. The number of benzene rings is 2. The molecule has 0 amide bonds. The van der Waals surface area contributed by atoms with Crippen molar-refractivity contribution in [3.05, 3.63) is 59.7 Å². The van der Waals surface area contributed by atoms with Gasteiger partial charge in [0, 0.05) is 0 Å². The summed E-state index contributed by atoms with van der Waals surface area (Å²) in [7, 11) is -2.29. The Labute approximate surface area is 141 Å². The normalized spacial score (nSPS) is 11.1. The van der Waals surface area contributed by atoms with Crippen LogP contribution in [0.15, 0.2) is 53.4 Å². The Hall–Kier alpha value is -2.38. The van der Waals surface area contributed by atoms with E-state index in [4.69, 9.17) is 9.47 Å². The molecule has 0 aliphatic rings. The minimum Gasteiger partial charge on any atom is -0.490 e. The first-order valence-corrected chi connectivity index (χ1v) is 8.81. The molecule has 2 aromatic carbocycles. The molecule has 1 N–H and O–H groups in total. The van der Waals surface area contributed by atoms with Gasteiger partial charge in [0.15, 0.2) is 0 Å². The molecule has 0 bridgehead atoms. The van der Waals surface area contributed by atoms with Crippen LogP contribution in [0.4, 0.5) is 0 Å². The van der Waals surface area contributed by atoms with Crippen molar-refractivity contribution in [3.63, 3.8) is 0 Å². The number of nitrogens with one attached hydrogen (secondary N) is 1. The number of rotatable bonds is 7. The minimum absolute atomic E-state index is 0.00959. The molecule has 0 spiro atoms. The molecule has 7 heteroatoms. The predicted molar refractivity (Wildman–Crippen MR) is 89.6 cm³/mol. The Morgan fingerprint density at radius 2 is 1.79 bits per heavy atom. The van der Waals surface area contributed by atoms with Gasteiger partial charge >= 0.3 is 5.97 Å². The molecule has 128 valence electrons. The lowest BCUT2D eigenvalue weighted by atomic mass is 10.2. The Morgan fingerprint density at radius 1 is 1.08 bits per heavy atom. The average molecular weight is 349 g/mol. The van der Waals surface area contributed by atoms with Crippen molar-refractivity contribution < 1.29 is 22.7 Å². The lowest BCUT2D eigenvalue weighted by molar-refractivity contribution is 0.0450. The lowest BCUT2D eigenvalue weighted by Gasteiger charge is -2.08. The fraction of sp³-hybridized carbons (Fsp3) is 0.235. The molecule has 0 saturated heterocycles. The summed E-state index contributed by atoms with van der Waals surface area (Å²) < 4.78 is 36.2. The summed E-state index contributed by atoms with van der Waals surface area (Å²) in [6.45, 7) is 2.26. The van der Waals surface area contributed by atoms with Crippen molar-refractivity contribution in [2.45, 2.75) is 11.8 Å². The van der Waals surface area contributed by atoms with Gasteiger partial charge in [0.2, 0.25) is 10.0 Å². The molecule has 0 heterocycles. The van der Waals surface area contributed by atoms with E-state index in [-0.39, 0.29) is 23.7 Å². The third kappa shape index (κ3) is 4.81. The SMILES string of the molecule is CNS(=O)(=O)c1cccc(C(=O)OCCOc2ccc(C)cc2)c1. The molecule has 2 aromatic rings. The molecule has 0 aliphatic carbocycles. The molecule has 0 unspecified atom stereocenters. The zero-order chi connectivity index (χ0) is 17.6. The molecule has 2 rings (SSSR count). The molecule has 0 aromatic heterocycles. The number of sulfonamides is 1. The van der Waals surface area contributed by atoms with Crippen molar-refractivity contribution in [2.24, 2.45) is 0 Å². The Bertz CT molecular complexity index is 800. The summed E-state index contributed by atoms with van der Waals surface area (Å²) in [5, 5.41) is 0. The van der Waals surface area contributed by atoms with E-state index in [1.807, 2.05) is 31.2 Å². The third-order valence-corrected chi connectivity index (χ3v) is 4.67. The zero-order valence-corrected chi connectivity index (χ0v) is 14.3. The van der Waals surface area contributed by atoms with E-state index in [2.05, 4.69) is 4.72 Å². The van der Waals surface area contributed by atoms with Crippen LogP contribution in [0.1, 0.15) is 15.9 Å². The van der Waals surface area contributed by atoms with Gasteiger partial charge in [-0.1, -0.05) is 23.8 Å². The van der Waals surface area contributed by atoms with Gasteiger partial charge < -0.3 is 9.47 Å². The second kappa shape index (κ2) is 7.94. The van der Waals surface area contributed by atoms with Gasteiger partial charge in [0.05, 0.1) is 10.5 Å². The van der Waals surface area contributed by atoms with Crippen molar-refractivity contribution >= 4 is 16.0 Å². The van der Waals surface area contributed by atoms with Gasteiger partial charge in [0.1, 0.15) is 19.0 Å². The standard InChI is InChI=1S/C17H19NO5S/c1-13-6-8-15(9-7-13)22-10-11-23-17(19)14-4-3-5-16(12-14)24(20,21)18-2/h3-9,12,18H,10-11H2,1-2H3. The van der Waals surface area contributed by atoms with Crippen LogP contribution in [0.2, 0.25) is 0 Å².